The van der Waals surface area contributed by atoms with Crippen LogP contribution in [0.2, 0.25) is 25.7 Å². The minimum atomic E-state index is -1.18. The Labute approximate surface area is 206 Å². The van der Waals surface area contributed by atoms with Gasteiger partial charge in [0, 0.05) is 31.3 Å². The van der Waals surface area contributed by atoms with Crippen LogP contribution in [0.5, 0.6) is 5.75 Å². The van der Waals surface area contributed by atoms with E-state index in [4.69, 9.17) is 14.2 Å². The first-order valence-electron chi connectivity index (χ1n) is 11.4. The van der Waals surface area contributed by atoms with Gasteiger partial charge in [-0.3, -0.25) is 4.90 Å². The lowest BCUT2D eigenvalue weighted by Crippen LogP contribution is -2.45. The van der Waals surface area contributed by atoms with Gasteiger partial charge in [0.15, 0.2) is 6.79 Å². The van der Waals surface area contributed by atoms with E-state index in [1.807, 2.05) is 48.5 Å². The van der Waals surface area contributed by atoms with Crippen LogP contribution >= 0.6 is 15.9 Å². The van der Waals surface area contributed by atoms with Crippen molar-refractivity contribution in [2.75, 3.05) is 19.9 Å². The molecule has 1 amide bonds. The SMILES string of the molecule is C[Si](C)(C)CCOCOc1cc(Br)ccc1[C@H]1C(O)CCCN1C(=O)OCc1ccccc1. The van der Waals surface area contributed by atoms with Crippen LogP contribution in [0.25, 0.3) is 0 Å². The average molecular weight is 537 g/mol. The van der Waals surface area contributed by atoms with E-state index in [9.17, 15) is 9.90 Å². The fourth-order valence-electron chi connectivity index (χ4n) is 3.78. The first kappa shape index (κ1) is 25.7. The number of amides is 1. The number of rotatable bonds is 9. The molecule has 6 nitrogen and oxygen atoms in total. The number of carbonyl (C=O) groups is 1. The Bertz CT molecular complexity index is 905. The second-order valence-corrected chi connectivity index (χ2v) is 16.1. The highest BCUT2D eigenvalue weighted by Crippen LogP contribution is 2.38. The molecule has 0 saturated carbocycles. The van der Waals surface area contributed by atoms with Crippen LogP contribution in [0.3, 0.4) is 0 Å². The van der Waals surface area contributed by atoms with Crippen molar-refractivity contribution in [1.82, 2.24) is 4.90 Å². The van der Waals surface area contributed by atoms with Gasteiger partial charge >= 0.3 is 6.09 Å². The first-order valence-corrected chi connectivity index (χ1v) is 15.9. The molecule has 0 aliphatic carbocycles. The zero-order valence-electron chi connectivity index (χ0n) is 19.6. The standard InChI is InChI=1S/C25H34BrNO5Si/c1-33(2,3)15-14-30-18-32-23-16-20(26)11-12-21(23)24-22(28)10-7-13-27(24)25(29)31-17-19-8-5-4-6-9-19/h4-6,8-9,11-12,16,22,24,28H,7,10,13-15,17-18H2,1-3H3/t22?,24-/m0/s1. The van der Waals surface area contributed by atoms with Gasteiger partial charge in [0.25, 0.3) is 0 Å². The maximum Gasteiger partial charge on any atom is 0.410 e. The van der Waals surface area contributed by atoms with Crippen LogP contribution in [0, 0.1) is 0 Å². The summed E-state index contributed by atoms with van der Waals surface area (Å²) in [6.07, 6.45) is 0.169. The van der Waals surface area contributed by atoms with Crippen molar-refractivity contribution >= 4 is 30.1 Å². The van der Waals surface area contributed by atoms with E-state index in [2.05, 4.69) is 35.6 Å². The summed E-state index contributed by atoms with van der Waals surface area (Å²) in [5.41, 5.74) is 1.67. The van der Waals surface area contributed by atoms with E-state index in [0.717, 1.165) is 21.6 Å². The number of aliphatic hydroxyl groups excluding tert-OH is 1. The molecule has 2 aromatic carbocycles. The molecule has 2 atom stereocenters. The van der Waals surface area contributed by atoms with Crippen molar-refractivity contribution in [3.8, 4) is 5.75 Å². The van der Waals surface area contributed by atoms with Crippen molar-refractivity contribution in [1.29, 1.82) is 0 Å². The van der Waals surface area contributed by atoms with Crippen LogP contribution in [0.15, 0.2) is 53.0 Å². The molecule has 0 radical (unpaired) electrons. The number of benzene rings is 2. The van der Waals surface area contributed by atoms with Crippen molar-refractivity contribution < 1.29 is 24.1 Å². The monoisotopic (exact) mass is 535 g/mol. The molecule has 1 aliphatic heterocycles. The van der Waals surface area contributed by atoms with Crippen LogP contribution in [-0.4, -0.2) is 50.2 Å². The highest BCUT2D eigenvalue weighted by molar-refractivity contribution is 9.10. The van der Waals surface area contributed by atoms with Gasteiger partial charge in [0.1, 0.15) is 12.4 Å². The van der Waals surface area contributed by atoms with Crippen molar-refractivity contribution in [3.63, 3.8) is 0 Å². The maximum atomic E-state index is 13.0. The lowest BCUT2D eigenvalue weighted by Gasteiger charge is -2.39. The molecule has 0 aromatic heterocycles. The number of nitrogens with zero attached hydrogens (tertiary/aromatic N) is 1. The number of likely N-dealkylation sites (tertiary alicyclic amines) is 1. The zero-order valence-corrected chi connectivity index (χ0v) is 22.2. The van der Waals surface area contributed by atoms with E-state index in [0.29, 0.717) is 31.7 Å². The fourth-order valence-corrected chi connectivity index (χ4v) is 4.87. The van der Waals surface area contributed by atoms with E-state index >= 15 is 0 Å². The Kier molecular flexibility index (Phi) is 9.37. The largest absolute Gasteiger partial charge is 0.467 e. The molecule has 180 valence electrons. The lowest BCUT2D eigenvalue weighted by molar-refractivity contribution is -0.00347. The van der Waals surface area contributed by atoms with Gasteiger partial charge in [0.2, 0.25) is 0 Å². The molecule has 1 heterocycles. The minimum absolute atomic E-state index is 0.120. The predicted octanol–water partition coefficient (Wildman–Crippen LogP) is 5.97. The Morgan fingerprint density at radius 2 is 1.94 bits per heavy atom. The highest BCUT2D eigenvalue weighted by Gasteiger charge is 2.37. The summed E-state index contributed by atoms with van der Waals surface area (Å²) in [6, 6.07) is 15.7. The smallest absolute Gasteiger partial charge is 0.410 e. The van der Waals surface area contributed by atoms with Gasteiger partial charge in [-0.05, 0) is 36.6 Å². The molecular formula is C25H34BrNO5Si. The zero-order chi connectivity index (χ0) is 23.8. The van der Waals surface area contributed by atoms with Crippen molar-refractivity contribution in [2.24, 2.45) is 0 Å². The summed E-state index contributed by atoms with van der Waals surface area (Å²) in [5.74, 6) is 0.587. The topological polar surface area (TPSA) is 68.2 Å². The molecule has 1 N–H and O–H groups in total. The Morgan fingerprint density at radius 1 is 1.18 bits per heavy atom. The van der Waals surface area contributed by atoms with E-state index < -0.39 is 26.3 Å². The number of halogens is 1. The van der Waals surface area contributed by atoms with Crippen LogP contribution in [0.4, 0.5) is 4.79 Å². The summed E-state index contributed by atoms with van der Waals surface area (Å²) < 4.78 is 18.1. The minimum Gasteiger partial charge on any atom is -0.467 e. The normalized spacial score (nSPS) is 18.8. The van der Waals surface area contributed by atoms with E-state index in [-0.39, 0.29) is 13.4 Å². The predicted molar refractivity (Wildman–Crippen MR) is 135 cm³/mol. The Hall–Kier alpha value is -1.87. The van der Waals surface area contributed by atoms with Gasteiger partial charge in [-0.15, -0.1) is 0 Å². The molecule has 1 unspecified atom stereocenters. The summed E-state index contributed by atoms with van der Waals surface area (Å²) in [4.78, 5) is 14.6. The third-order valence-corrected chi connectivity index (χ3v) is 7.82. The first-order chi connectivity index (χ1) is 15.7. The molecule has 0 bridgehead atoms. The average Bonchev–Trinajstić information content (AvgIpc) is 2.77. The second-order valence-electron chi connectivity index (χ2n) is 9.55. The quantitative estimate of drug-likeness (QED) is 0.243. The number of ether oxygens (including phenoxy) is 3. The number of carbonyl (C=O) groups excluding carboxylic acids is 1. The van der Waals surface area contributed by atoms with Gasteiger partial charge in [-0.1, -0.05) is 72.0 Å². The Morgan fingerprint density at radius 3 is 2.67 bits per heavy atom. The molecule has 1 fully saturated rings. The van der Waals surface area contributed by atoms with Gasteiger partial charge in [0.05, 0.1) is 12.1 Å². The number of piperidine rings is 1. The van der Waals surface area contributed by atoms with E-state index in [1.54, 1.807) is 4.90 Å². The molecular weight excluding hydrogens is 502 g/mol. The lowest BCUT2D eigenvalue weighted by atomic mass is 9.92. The molecule has 33 heavy (non-hydrogen) atoms. The van der Waals surface area contributed by atoms with E-state index in [1.165, 1.54) is 0 Å². The van der Waals surface area contributed by atoms with Gasteiger partial charge in [-0.25, -0.2) is 4.79 Å². The van der Waals surface area contributed by atoms with Crippen molar-refractivity contribution in [3.05, 3.63) is 64.1 Å². The fraction of sp³-hybridized carbons (Fsp3) is 0.480. The summed E-state index contributed by atoms with van der Waals surface area (Å²) in [7, 11) is -1.18. The molecule has 1 saturated heterocycles. The molecule has 3 rings (SSSR count). The van der Waals surface area contributed by atoms with Crippen LogP contribution in [-0.2, 0) is 16.1 Å². The molecule has 2 aromatic rings. The number of hydrogen-bond acceptors (Lipinski definition) is 5. The van der Waals surface area contributed by atoms with Gasteiger partial charge in [-0.2, -0.15) is 0 Å². The highest BCUT2D eigenvalue weighted by atomic mass is 79.9. The van der Waals surface area contributed by atoms with Crippen LogP contribution in [0.1, 0.15) is 30.0 Å². The third kappa shape index (κ3) is 7.84. The maximum absolute atomic E-state index is 13.0. The number of hydrogen-bond donors (Lipinski definition) is 1. The second kappa shape index (κ2) is 12.0. The molecule has 8 heteroatoms. The van der Waals surface area contributed by atoms with Crippen molar-refractivity contribution in [2.45, 2.75) is 57.3 Å². The summed E-state index contributed by atoms with van der Waals surface area (Å²) in [6.45, 7) is 8.39. The number of aliphatic hydroxyl groups is 1. The summed E-state index contributed by atoms with van der Waals surface area (Å²) >= 11 is 3.50. The van der Waals surface area contributed by atoms with Gasteiger partial charge < -0.3 is 19.3 Å². The molecule has 0 spiro atoms. The summed E-state index contributed by atoms with van der Waals surface area (Å²) in [5, 5.41) is 10.9. The third-order valence-electron chi connectivity index (χ3n) is 5.63. The van der Waals surface area contributed by atoms with Crippen LogP contribution < -0.4 is 4.74 Å². The Balaban J connectivity index is 1.71. The molecule has 1 aliphatic rings.